The van der Waals surface area contributed by atoms with Crippen LogP contribution in [0.4, 0.5) is 0 Å². The summed E-state index contributed by atoms with van der Waals surface area (Å²) in [5.41, 5.74) is 5.63. The molecule has 11 nitrogen and oxygen atoms in total. The Labute approximate surface area is 273 Å². The van der Waals surface area contributed by atoms with Gasteiger partial charge < -0.3 is 25.4 Å². The van der Waals surface area contributed by atoms with Gasteiger partial charge in [-0.15, -0.1) is 11.8 Å². The highest BCUT2D eigenvalue weighted by molar-refractivity contribution is 8.00. The van der Waals surface area contributed by atoms with Crippen molar-refractivity contribution in [1.29, 1.82) is 0 Å². The topological polar surface area (TPSA) is 156 Å². The number of rotatable bonds is 12. The number of esters is 1. The number of likely N-dealkylation sites (N-methyl/N-ethyl adjacent to an activating group) is 1. The first-order chi connectivity index (χ1) is 20.4. The predicted octanol–water partition coefficient (Wildman–Crippen LogP) is 3.48. The van der Waals surface area contributed by atoms with Crippen molar-refractivity contribution in [3.05, 3.63) is 57.2 Å². The number of hydrogen-bond donors (Lipinski definition) is 3. The number of aliphatic carboxylic acids is 1. The highest BCUT2D eigenvalue weighted by Gasteiger charge is 2.52. The second-order valence-corrected chi connectivity index (χ2v) is 15.3. The summed E-state index contributed by atoms with van der Waals surface area (Å²) in [6.45, 7) is 5.86. The molecule has 1 saturated heterocycles. The van der Waals surface area contributed by atoms with E-state index in [-0.39, 0.29) is 18.0 Å². The van der Waals surface area contributed by atoms with Crippen molar-refractivity contribution < 1.29 is 37.7 Å². The van der Waals surface area contributed by atoms with Crippen LogP contribution in [0.25, 0.3) is 6.08 Å². The molecule has 2 aliphatic heterocycles. The number of carbonyl (C=O) groups excluding carboxylic acids is 3. The van der Waals surface area contributed by atoms with Gasteiger partial charge in [0, 0.05) is 16.0 Å². The second-order valence-electron chi connectivity index (χ2n) is 12.0. The SMILES string of the molecule is CC(C)(C)OC(=O)/C=C/c1cc(Cl)c(SCC(=O)N[C@H]2[C@H]3CCC(/C=C/C[N+](C)(C)CC(N)=O)=C(C(=O)O)N3S2=O)cc1Cl. The van der Waals surface area contributed by atoms with Gasteiger partial charge in [0.25, 0.3) is 5.91 Å². The molecule has 3 rings (SSSR count). The molecular weight excluding hydrogens is 651 g/mol. The maximum atomic E-state index is 13.1. The number of hydrogen-bond acceptors (Lipinski definition) is 7. The maximum Gasteiger partial charge on any atom is 0.353 e. The molecule has 1 aromatic carbocycles. The third kappa shape index (κ3) is 9.58. The molecule has 1 aromatic rings. The standard InChI is InChI=1S/C29H36Cl2N4O7S2/c1-29(2,3)42-25(38)11-9-18-13-20(31)22(14-19(18)30)43-16-24(37)33-27-21-10-8-17(26(28(39)40)34(21)44(27)41)7-6-12-35(4,5)15-23(32)36/h6-7,9,11,13-14,21,27H,8,10,12,15-16H2,1-5H3,(H3-,32,33,36,37,39,40)/p+1/b7-6+,11-9+/t21-,27-,44?/m1/s1. The van der Waals surface area contributed by atoms with Gasteiger partial charge in [-0.25, -0.2) is 13.8 Å². The van der Waals surface area contributed by atoms with Gasteiger partial charge in [-0.3, -0.25) is 13.9 Å². The Kier molecular flexibility index (Phi) is 11.7. The molecule has 4 N–H and O–H groups in total. The average Bonchev–Trinajstić information content (AvgIpc) is 2.88. The Morgan fingerprint density at radius 3 is 2.50 bits per heavy atom. The molecule has 0 bridgehead atoms. The van der Waals surface area contributed by atoms with Gasteiger partial charge >= 0.3 is 11.9 Å². The zero-order valence-corrected chi connectivity index (χ0v) is 28.2. The molecule has 0 radical (unpaired) electrons. The van der Waals surface area contributed by atoms with Crippen LogP contribution in [0.3, 0.4) is 0 Å². The lowest BCUT2D eigenvalue weighted by molar-refractivity contribution is -0.876. The lowest BCUT2D eigenvalue weighted by Crippen LogP contribution is -2.68. The van der Waals surface area contributed by atoms with Gasteiger partial charge in [0.15, 0.2) is 6.54 Å². The normalized spacial score (nSPS) is 20.4. The number of benzene rings is 1. The molecular formula is C29H37Cl2N4O7S2+. The Hall–Kier alpha value is -2.84. The van der Waals surface area contributed by atoms with E-state index >= 15 is 0 Å². The summed E-state index contributed by atoms with van der Waals surface area (Å²) in [5.74, 6) is -2.60. The van der Waals surface area contributed by atoms with Crippen molar-refractivity contribution in [2.24, 2.45) is 5.73 Å². The lowest BCUT2D eigenvalue weighted by Gasteiger charge is -2.50. The molecule has 2 aliphatic rings. The fraction of sp³-hybridized carbons (Fsp3) is 0.448. The summed E-state index contributed by atoms with van der Waals surface area (Å²) in [6, 6.07) is 2.74. The fourth-order valence-corrected chi connectivity index (χ4v) is 7.74. The third-order valence-electron chi connectivity index (χ3n) is 6.52. The maximum absolute atomic E-state index is 13.1. The van der Waals surface area contributed by atoms with Crippen LogP contribution in [-0.2, 0) is 34.9 Å². The van der Waals surface area contributed by atoms with Gasteiger partial charge in [0.1, 0.15) is 27.7 Å². The molecule has 0 aliphatic carbocycles. The minimum atomic E-state index is -1.78. The number of ether oxygens (including phenoxy) is 1. The van der Waals surface area contributed by atoms with E-state index in [1.807, 2.05) is 14.1 Å². The first kappa shape index (κ1) is 35.6. The summed E-state index contributed by atoms with van der Waals surface area (Å²) < 4.78 is 20.0. The van der Waals surface area contributed by atoms with E-state index in [0.717, 1.165) is 11.8 Å². The van der Waals surface area contributed by atoms with E-state index in [0.29, 0.717) is 49.9 Å². The monoisotopic (exact) mass is 687 g/mol. The molecule has 2 heterocycles. The second kappa shape index (κ2) is 14.5. The number of amides is 2. The van der Waals surface area contributed by atoms with Crippen LogP contribution in [0.15, 0.2) is 46.5 Å². The molecule has 15 heteroatoms. The number of fused-ring (bicyclic) bond motifs is 1. The van der Waals surface area contributed by atoms with Crippen LogP contribution in [0.5, 0.6) is 0 Å². The summed E-state index contributed by atoms with van der Waals surface area (Å²) in [4.78, 5) is 48.7. The quantitative estimate of drug-likeness (QED) is 0.131. The van der Waals surface area contributed by atoms with Gasteiger partial charge in [-0.1, -0.05) is 29.3 Å². The highest BCUT2D eigenvalue weighted by Crippen LogP contribution is 2.40. The van der Waals surface area contributed by atoms with E-state index in [1.165, 1.54) is 16.5 Å². The zero-order chi connectivity index (χ0) is 33.0. The molecule has 1 unspecified atom stereocenters. The number of allylic oxidation sites excluding steroid dienone is 2. The van der Waals surface area contributed by atoms with Gasteiger partial charge in [-0.2, -0.15) is 0 Å². The van der Waals surface area contributed by atoms with Crippen molar-refractivity contribution in [1.82, 2.24) is 9.62 Å². The van der Waals surface area contributed by atoms with Crippen molar-refractivity contribution in [3.63, 3.8) is 0 Å². The molecule has 3 atom stereocenters. The van der Waals surface area contributed by atoms with Gasteiger partial charge in [0.2, 0.25) is 5.91 Å². The smallest absolute Gasteiger partial charge is 0.353 e. The Balaban J connectivity index is 1.61. The number of halogens is 2. The third-order valence-corrected chi connectivity index (χ3v) is 10.0. The highest BCUT2D eigenvalue weighted by atomic mass is 35.5. The Morgan fingerprint density at radius 1 is 1.20 bits per heavy atom. The van der Waals surface area contributed by atoms with Crippen LogP contribution >= 0.6 is 35.0 Å². The molecule has 1 fully saturated rings. The summed E-state index contributed by atoms with van der Waals surface area (Å²) in [5, 5.41) is 12.6. The van der Waals surface area contributed by atoms with Crippen LogP contribution < -0.4 is 11.1 Å². The van der Waals surface area contributed by atoms with Gasteiger partial charge in [0.05, 0.1) is 37.5 Å². The van der Waals surface area contributed by atoms with E-state index in [1.54, 1.807) is 45.1 Å². The molecule has 2 amide bonds. The van der Waals surface area contributed by atoms with Crippen LogP contribution in [0.2, 0.25) is 10.0 Å². The van der Waals surface area contributed by atoms with Gasteiger partial charge in [-0.05, 0) is 69.0 Å². The summed E-state index contributed by atoms with van der Waals surface area (Å²) in [6.07, 6.45) is 7.14. The number of primary amides is 1. The first-order valence-corrected chi connectivity index (χ1v) is 16.5. The Bertz CT molecular complexity index is 1450. The number of thioether (sulfide) groups is 1. The van der Waals surface area contributed by atoms with Crippen LogP contribution in [0.1, 0.15) is 39.2 Å². The predicted molar refractivity (Wildman–Crippen MR) is 172 cm³/mol. The number of nitrogens with one attached hydrogen (secondary N) is 1. The molecule has 240 valence electrons. The summed E-state index contributed by atoms with van der Waals surface area (Å²) >= 11 is 13.9. The molecule has 0 saturated carbocycles. The summed E-state index contributed by atoms with van der Waals surface area (Å²) in [7, 11) is 1.88. The van der Waals surface area contributed by atoms with E-state index in [4.69, 9.17) is 33.7 Å². The average molecular weight is 689 g/mol. The number of nitrogens with two attached hydrogens (primary N) is 1. The van der Waals surface area contributed by atoms with Crippen molar-refractivity contribution >= 4 is 75.8 Å². The minimum absolute atomic E-state index is 0.0431. The number of carboxylic acids is 1. The number of quaternary nitrogens is 1. The minimum Gasteiger partial charge on any atom is -0.477 e. The molecule has 44 heavy (non-hydrogen) atoms. The van der Waals surface area contributed by atoms with Crippen molar-refractivity contribution in [2.45, 2.75) is 55.5 Å². The fourth-order valence-electron chi connectivity index (χ4n) is 4.67. The number of carbonyl (C=O) groups is 4. The first-order valence-electron chi connectivity index (χ1n) is 13.6. The number of carboxylic acid groups (broad SMARTS) is 1. The zero-order valence-electron chi connectivity index (χ0n) is 25.1. The van der Waals surface area contributed by atoms with E-state index < -0.39 is 51.8 Å². The van der Waals surface area contributed by atoms with Crippen molar-refractivity contribution in [3.8, 4) is 0 Å². The van der Waals surface area contributed by atoms with Crippen LogP contribution in [0, 0.1) is 0 Å². The lowest BCUT2D eigenvalue weighted by atomic mass is 9.96. The molecule has 0 spiro atoms. The largest absolute Gasteiger partial charge is 0.477 e. The van der Waals surface area contributed by atoms with Crippen LogP contribution in [-0.4, -0.2) is 91.8 Å². The Morgan fingerprint density at radius 2 is 1.89 bits per heavy atom. The number of nitrogens with zero attached hydrogens (tertiary/aromatic N) is 2. The van der Waals surface area contributed by atoms with E-state index in [2.05, 4.69) is 5.32 Å². The van der Waals surface area contributed by atoms with Crippen molar-refractivity contribution in [2.75, 3.05) is 32.9 Å². The molecule has 0 aromatic heterocycles. The van der Waals surface area contributed by atoms with E-state index in [9.17, 15) is 28.5 Å².